The van der Waals surface area contributed by atoms with Crippen LogP contribution >= 0.6 is 0 Å². The summed E-state index contributed by atoms with van der Waals surface area (Å²) < 4.78 is 7.70. The molecule has 1 aliphatic carbocycles. The summed E-state index contributed by atoms with van der Waals surface area (Å²) in [5.74, 6) is 1.85. The number of piperidine rings is 1. The largest absolute Gasteiger partial charge is 0.383 e. The van der Waals surface area contributed by atoms with E-state index in [2.05, 4.69) is 69.9 Å². The minimum atomic E-state index is 0.683. The van der Waals surface area contributed by atoms with Crippen LogP contribution in [0.4, 0.5) is 0 Å². The van der Waals surface area contributed by atoms with Gasteiger partial charge in [-0.25, -0.2) is 4.98 Å². The van der Waals surface area contributed by atoms with Crippen molar-refractivity contribution in [3.05, 3.63) is 65.5 Å². The molecule has 1 atom stereocenters. The Balaban J connectivity index is 1.25. The van der Waals surface area contributed by atoms with E-state index in [4.69, 9.17) is 9.72 Å². The number of methoxy groups -OCH3 is 1. The van der Waals surface area contributed by atoms with Gasteiger partial charge in [0.15, 0.2) is 0 Å². The average molecular weight is 433 g/mol. The fraction of sp³-hybridized carbons (Fsp3) is 0.519. The highest BCUT2D eigenvalue weighted by molar-refractivity contribution is 5.75. The zero-order valence-corrected chi connectivity index (χ0v) is 19.5. The smallest absolute Gasteiger partial charge is 0.123 e. The van der Waals surface area contributed by atoms with Gasteiger partial charge in [0.1, 0.15) is 5.82 Å². The number of para-hydroxylation sites is 2. The van der Waals surface area contributed by atoms with Gasteiger partial charge < -0.3 is 9.30 Å². The van der Waals surface area contributed by atoms with Crippen LogP contribution in [-0.2, 0) is 31.2 Å². The summed E-state index contributed by atoms with van der Waals surface area (Å²) in [5, 5.41) is 0. The van der Waals surface area contributed by atoms with Gasteiger partial charge in [-0.1, -0.05) is 36.4 Å². The van der Waals surface area contributed by atoms with Crippen molar-refractivity contribution in [2.45, 2.75) is 38.3 Å². The van der Waals surface area contributed by atoms with Gasteiger partial charge in [0.2, 0.25) is 0 Å². The maximum atomic E-state index is 5.45. The number of imidazole rings is 1. The van der Waals surface area contributed by atoms with Crippen LogP contribution in [0.1, 0.15) is 29.8 Å². The first-order chi connectivity index (χ1) is 15.7. The maximum Gasteiger partial charge on any atom is 0.123 e. The van der Waals surface area contributed by atoms with Crippen molar-refractivity contribution >= 4 is 11.0 Å². The first-order valence-corrected chi connectivity index (χ1v) is 12.1. The van der Waals surface area contributed by atoms with E-state index in [9.17, 15) is 0 Å². The minimum Gasteiger partial charge on any atom is -0.383 e. The molecule has 2 aliphatic rings. The molecule has 2 heterocycles. The molecule has 0 saturated carbocycles. The molecule has 5 nitrogen and oxygen atoms in total. The molecule has 0 unspecified atom stereocenters. The van der Waals surface area contributed by atoms with Gasteiger partial charge in [-0.05, 0) is 61.4 Å². The van der Waals surface area contributed by atoms with E-state index < -0.39 is 0 Å². The Morgan fingerprint density at radius 1 is 1.06 bits per heavy atom. The fourth-order valence-corrected chi connectivity index (χ4v) is 5.73. The summed E-state index contributed by atoms with van der Waals surface area (Å²) in [6, 6.07) is 18.1. The predicted molar refractivity (Wildman–Crippen MR) is 130 cm³/mol. The van der Waals surface area contributed by atoms with Crippen LogP contribution in [0, 0.1) is 5.92 Å². The van der Waals surface area contributed by atoms with Crippen LogP contribution < -0.4 is 0 Å². The molecule has 0 radical (unpaired) electrons. The molecule has 1 saturated heterocycles. The molecule has 3 aromatic rings. The van der Waals surface area contributed by atoms with Crippen molar-refractivity contribution in [3.63, 3.8) is 0 Å². The van der Waals surface area contributed by atoms with Crippen molar-refractivity contribution in [2.75, 3.05) is 39.9 Å². The van der Waals surface area contributed by atoms with Crippen molar-refractivity contribution in [2.24, 2.45) is 13.0 Å². The summed E-state index contributed by atoms with van der Waals surface area (Å²) >= 11 is 0. The Labute approximate surface area is 192 Å². The van der Waals surface area contributed by atoms with E-state index in [0.29, 0.717) is 12.0 Å². The van der Waals surface area contributed by atoms with Crippen molar-refractivity contribution in [1.82, 2.24) is 19.4 Å². The summed E-state index contributed by atoms with van der Waals surface area (Å²) in [5.41, 5.74) is 5.41. The van der Waals surface area contributed by atoms with Crippen molar-refractivity contribution < 1.29 is 4.74 Å². The second-order valence-corrected chi connectivity index (χ2v) is 9.64. The Bertz CT molecular complexity index is 1020. The van der Waals surface area contributed by atoms with Gasteiger partial charge in [0.25, 0.3) is 0 Å². The lowest BCUT2D eigenvalue weighted by molar-refractivity contribution is 0.0831. The normalized spacial score (nSPS) is 19.8. The molecule has 170 valence electrons. The number of hydrogen-bond donors (Lipinski definition) is 0. The van der Waals surface area contributed by atoms with E-state index in [0.717, 1.165) is 37.6 Å². The number of ether oxygens (including phenoxy) is 1. The molecule has 1 aromatic heterocycles. The number of rotatable bonds is 8. The molecule has 1 fully saturated rings. The highest BCUT2D eigenvalue weighted by Crippen LogP contribution is 2.29. The molecule has 2 aromatic carbocycles. The third kappa shape index (κ3) is 4.61. The second-order valence-electron chi connectivity index (χ2n) is 9.64. The Morgan fingerprint density at radius 3 is 2.56 bits per heavy atom. The molecule has 0 spiro atoms. The third-order valence-corrected chi connectivity index (χ3v) is 7.47. The van der Waals surface area contributed by atoms with Gasteiger partial charge in [0, 0.05) is 39.8 Å². The summed E-state index contributed by atoms with van der Waals surface area (Å²) in [6.07, 6.45) is 5.07. The zero-order valence-electron chi connectivity index (χ0n) is 19.5. The summed E-state index contributed by atoms with van der Waals surface area (Å²) in [4.78, 5) is 10.3. The van der Waals surface area contributed by atoms with E-state index >= 15 is 0 Å². The number of aromatic nitrogens is 2. The molecule has 5 heteroatoms. The van der Waals surface area contributed by atoms with Gasteiger partial charge in [-0.3, -0.25) is 9.80 Å². The molecular weight excluding hydrogens is 396 g/mol. The van der Waals surface area contributed by atoms with Crippen LogP contribution in [0.15, 0.2) is 48.5 Å². The molecule has 0 amide bonds. The number of aryl methyl sites for hydroxylation is 1. The first kappa shape index (κ1) is 21.6. The number of likely N-dealkylation sites (tertiary alicyclic amines) is 1. The van der Waals surface area contributed by atoms with Gasteiger partial charge >= 0.3 is 0 Å². The van der Waals surface area contributed by atoms with Crippen LogP contribution in [-0.4, -0.2) is 65.3 Å². The van der Waals surface area contributed by atoms with E-state index in [-0.39, 0.29) is 0 Å². The molecule has 5 rings (SSSR count). The Morgan fingerprint density at radius 2 is 1.81 bits per heavy atom. The van der Waals surface area contributed by atoms with E-state index in [1.165, 1.54) is 44.3 Å². The topological polar surface area (TPSA) is 33.5 Å². The highest BCUT2D eigenvalue weighted by atomic mass is 16.5. The molecular formula is C27H36N4O. The van der Waals surface area contributed by atoms with Crippen molar-refractivity contribution in [1.29, 1.82) is 0 Å². The number of nitrogens with zero attached hydrogens (tertiary/aromatic N) is 4. The fourth-order valence-electron chi connectivity index (χ4n) is 5.73. The number of fused-ring (bicyclic) bond motifs is 2. The Kier molecular flexibility index (Phi) is 6.58. The standard InChI is InChI=1S/C27H36N4O/c1-29-26-12-6-5-11-25(26)28-27(29)20-30(14-15-32-2)18-21-8-7-13-31(19-21)24-16-22-9-3-4-10-23(22)17-24/h3-6,9-12,21,24H,7-8,13-20H2,1-2H3/t21-/m0/s1. The second kappa shape index (κ2) is 9.74. The van der Waals surface area contributed by atoms with Crippen LogP contribution in [0.3, 0.4) is 0 Å². The highest BCUT2D eigenvalue weighted by Gasteiger charge is 2.31. The zero-order chi connectivity index (χ0) is 21.9. The van der Waals surface area contributed by atoms with Crippen LogP contribution in [0.5, 0.6) is 0 Å². The SMILES string of the molecule is COCCN(Cc1nc2ccccc2n1C)C[C@@H]1CCCN(C2Cc3ccccc3C2)C1. The lowest BCUT2D eigenvalue weighted by atomic mass is 9.95. The molecule has 32 heavy (non-hydrogen) atoms. The third-order valence-electron chi connectivity index (χ3n) is 7.47. The predicted octanol–water partition coefficient (Wildman–Crippen LogP) is 3.90. The van der Waals surface area contributed by atoms with E-state index in [1.807, 2.05) is 0 Å². The number of benzene rings is 2. The quantitative estimate of drug-likeness (QED) is 0.541. The minimum absolute atomic E-state index is 0.683. The maximum absolute atomic E-state index is 5.45. The lowest BCUT2D eigenvalue weighted by Gasteiger charge is -2.38. The summed E-state index contributed by atoms with van der Waals surface area (Å²) in [7, 11) is 3.94. The molecule has 0 N–H and O–H groups in total. The van der Waals surface area contributed by atoms with Gasteiger partial charge in [0.05, 0.1) is 24.2 Å². The van der Waals surface area contributed by atoms with Crippen LogP contribution in [0.25, 0.3) is 11.0 Å². The molecule has 1 aliphatic heterocycles. The monoisotopic (exact) mass is 432 g/mol. The summed E-state index contributed by atoms with van der Waals surface area (Å²) in [6.45, 7) is 6.16. The van der Waals surface area contributed by atoms with Gasteiger partial charge in [-0.15, -0.1) is 0 Å². The van der Waals surface area contributed by atoms with Gasteiger partial charge in [-0.2, -0.15) is 0 Å². The number of hydrogen-bond acceptors (Lipinski definition) is 4. The molecule has 0 bridgehead atoms. The lowest BCUT2D eigenvalue weighted by Crippen LogP contribution is -2.46. The Hall–Kier alpha value is -2.21. The van der Waals surface area contributed by atoms with E-state index in [1.54, 1.807) is 18.2 Å². The van der Waals surface area contributed by atoms with Crippen molar-refractivity contribution in [3.8, 4) is 0 Å². The first-order valence-electron chi connectivity index (χ1n) is 12.1. The average Bonchev–Trinajstić information content (AvgIpc) is 3.39. The van der Waals surface area contributed by atoms with Crippen LogP contribution in [0.2, 0.25) is 0 Å².